The Hall–Kier alpha value is -2.26. The molecule has 0 unspecified atom stereocenters. The minimum Gasteiger partial charge on any atom is -0.203 e. The summed E-state index contributed by atoms with van der Waals surface area (Å²) in [5.41, 5.74) is 4.94. The molecule has 0 amide bonds. The molecular weight excluding hydrogens is 438 g/mol. The second kappa shape index (κ2) is 11.9. The van der Waals surface area contributed by atoms with Gasteiger partial charge in [-0.15, -0.1) is 0 Å². The average molecular weight is 477 g/mol. The zero-order valence-electron chi connectivity index (χ0n) is 20.8. The van der Waals surface area contributed by atoms with Crippen molar-refractivity contribution in [3.8, 4) is 22.3 Å². The number of halogens is 2. The highest BCUT2D eigenvalue weighted by Gasteiger charge is 2.25. The van der Waals surface area contributed by atoms with E-state index >= 15 is 4.39 Å². The van der Waals surface area contributed by atoms with E-state index in [-0.39, 0.29) is 0 Å². The second-order valence-corrected chi connectivity index (χ2v) is 13.5. The first-order valence-electron chi connectivity index (χ1n) is 13.3. The summed E-state index contributed by atoms with van der Waals surface area (Å²) in [6, 6.07) is 24.5. The SMILES string of the molecule is CCCCC[Si@H]1CC[C@H](c2ccc(-c3ccccc3)c(-c3ccc(CCC)c(F)c3F)c2)CC1. The van der Waals surface area contributed by atoms with E-state index in [2.05, 4.69) is 25.1 Å². The molecule has 0 spiro atoms. The minimum atomic E-state index is -0.715. The topological polar surface area (TPSA) is 0 Å². The summed E-state index contributed by atoms with van der Waals surface area (Å²) in [7, 11) is -0.588. The fourth-order valence-corrected chi connectivity index (χ4v) is 9.12. The fourth-order valence-electron chi connectivity index (χ4n) is 5.64. The molecule has 180 valence electrons. The van der Waals surface area contributed by atoms with Gasteiger partial charge in [-0.1, -0.05) is 118 Å². The van der Waals surface area contributed by atoms with Crippen LogP contribution >= 0.6 is 0 Å². The summed E-state index contributed by atoms with van der Waals surface area (Å²) < 4.78 is 30.3. The largest absolute Gasteiger partial charge is 0.203 e. The van der Waals surface area contributed by atoms with E-state index in [0.717, 1.165) is 23.1 Å². The van der Waals surface area contributed by atoms with Crippen LogP contribution in [0.3, 0.4) is 0 Å². The molecular formula is C31H38F2Si. The molecule has 0 saturated carbocycles. The number of unbranched alkanes of at least 4 members (excludes halogenated alkanes) is 2. The molecule has 0 atom stereocenters. The Morgan fingerprint density at radius 3 is 2.21 bits per heavy atom. The fraction of sp³-hybridized carbons (Fsp3) is 0.419. The van der Waals surface area contributed by atoms with Gasteiger partial charge in [-0.2, -0.15) is 0 Å². The van der Waals surface area contributed by atoms with Crippen LogP contribution in [0.5, 0.6) is 0 Å². The average Bonchev–Trinajstić information content (AvgIpc) is 2.88. The lowest BCUT2D eigenvalue weighted by molar-refractivity contribution is 0.500. The lowest BCUT2D eigenvalue weighted by Crippen LogP contribution is -2.20. The normalized spacial score (nSPS) is 18.2. The van der Waals surface area contributed by atoms with Gasteiger partial charge in [-0.05, 0) is 53.0 Å². The highest BCUT2D eigenvalue weighted by Crippen LogP contribution is 2.41. The Bertz CT molecular complexity index is 1070. The van der Waals surface area contributed by atoms with Gasteiger partial charge in [0.05, 0.1) is 0 Å². The smallest absolute Gasteiger partial charge is 0.166 e. The number of rotatable bonds is 9. The first-order valence-corrected chi connectivity index (χ1v) is 15.7. The maximum Gasteiger partial charge on any atom is 0.166 e. The van der Waals surface area contributed by atoms with Gasteiger partial charge in [-0.25, -0.2) is 8.78 Å². The Morgan fingerprint density at radius 2 is 1.50 bits per heavy atom. The molecule has 34 heavy (non-hydrogen) atoms. The summed E-state index contributed by atoms with van der Waals surface area (Å²) in [5, 5.41) is 0. The van der Waals surface area contributed by atoms with Crippen LogP contribution in [0.15, 0.2) is 60.7 Å². The first-order chi connectivity index (χ1) is 16.6. The second-order valence-electron chi connectivity index (χ2n) is 10.0. The predicted octanol–water partition coefficient (Wildman–Crippen LogP) is 9.55. The van der Waals surface area contributed by atoms with Gasteiger partial charge in [0.25, 0.3) is 0 Å². The molecule has 0 aliphatic carbocycles. The zero-order valence-corrected chi connectivity index (χ0v) is 21.9. The van der Waals surface area contributed by atoms with Crippen LogP contribution < -0.4 is 0 Å². The van der Waals surface area contributed by atoms with Crippen molar-refractivity contribution in [1.29, 1.82) is 0 Å². The van der Waals surface area contributed by atoms with Gasteiger partial charge in [-0.3, -0.25) is 0 Å². The molecule has 0 bridgehead atoms. The maximum absolute atomic E-state index is 15.4. The van der Waals surface area contributed by atoms with Crippen molar-refractivity contribution in [3.05, 3.63) is 83.4 Å². The number of aryl methyl sites for hydroxylation is 1. The van der Waals surface area contributed by atoms with Gasteiger partial charge in [0, 0.05) is 14.4 Å². The van der Waals surface area contributed by atoms with E-state index in [1.54, 1.807) is 12.1 Å². The third-order valence-electron chi connectivity index (χ3n) is 7.63. The van der Waals surface area contributed by atoms with Gasteiger partial charge >= 0.3 is 0 Å². The van der Waals surface area contributed by atoms with Crippen molar-refractivity contribution in [3.63, 3.8) is 0 Å². The van der Waals surface area contributed by atoms with Crippen molar-refractivity contribution in [1.82, 2.24) is 0 Å². The minimum absolute atomic E-state index is 0.376. The molecule has 1 fully saturated rings. The van der Waals surface area contributed by atoms with Crippen molar-refractivity contribution in [2.75, 3.05) is 0 Å². The molecule has 4 rings (SSSR count). The van der Waals surface area contributed by atoms with Crippen LogP contribution in [-0.4, -0.2) is 8.80 Å². The summed E-state index contributed by atoms with van der Waals surface area (Å²) in [6.45, 7) is 4.27. The van der Waals surface area contributed by atoms with E-state index in [1.165, 1.54) is 55.8 Å². The third kappa shape index (κ3) is 5.68. The molecule has 0 radical (unpaired) electrons. The quantitative estimate of drug-likeness (QED) is 0.213. The van der Waals surface area contributed by atoms with Gasteiger partial charge in [0.15, 0.2) is 11.6 Å². The molecule has 3 aromatic rings. The van der Waals surface area contributed by atoms with Crippen molar-refractivity contribution < 1.29 is 8.78 Å². The summed E-state index contributed by atoms with van der Waals surface area (Å²) >= 11 is 0. The predicted molar refractivity (Wildman–Crippen MR) is 144 cm³/mol. The lowest BCUT2D eigenvalue weighted by atomic mass is 9.86. The van der Waals surface area contributed by atoms with Crippen molar-refractivity contribution in [2.24, 2.45) is 0 Å². The molecule has 3 aromatic carbocycles. The standard InChI is InChI=1S/C31H38F2Si/c1-3-5-9-19-34-20-17-23(18-21-34)26-14-15-27(24-11-7-6-8-12-24)29(22-26)28-16-13-25(10-4-2)30(32)31(28)33/h6-8,11-16,22-23,34H,3-5,9-10,17-21H2,1-2H3/t23-,34-. The van der Waals surface area contributed by atoms with E-state index < -0.39 is 20.4 Å². The summed E-state index contributed by atoms with van der Waals surface area (Å²) in [6.07, 6.45) is 7.93. The van der Waals surface area contributed by atoms with Gasteiger partial charge < -0.3 is 0 Å². The van der Waals surface area contributed by atoms with Crippen LogP contribution in [0.1, 0.15) is 69.4 Å². The van der Waals surface area contributed by atoms with Crippen LogP contribution in [0, 0.1) is 11.6 Å². The Balaban J connectivity index is 1.66. The molecule has 1 aliphatic heterocycles. The number of benzene rings is 3. The lowest BCUT2D eigenvalue weighted by Gasteiger charge is -2.28. The first kappa shape index (κ1) is 24.8. The monoisotopic (exact) mass is 476 g/mol. The van der Waals surface area contributed by atoms with Crippen LogP contribution in [0.25, 0.3) is 22.3 Å². The van der Waals surface area contributed by atoms with E-state index in [4.69, 9.17) is 0 Å². The van der Waals surface area contributed by atoms with E-state index in [0.29, 0.717) is 23.5 Å². The van der Waals surface area contributed by atoms with E-state index in [9.17, 15) is 4.39 Å². The van der Waals surface area contributed by atoms with Crippen molar-refractivity contribution >= 4 is 8.80 Å². The third-order valence-corrected chi connectivity index (χ3v) is 11.2. The van der Waals surface area contributed by atoms with Crippen LogP contribution in [0.4, 0.5) is 8.78 Å². The molecule has 0 N–H and O–H groups in total. The Labute approximate surface area is 206 Å². The Morgan fingerprint density at radius 1 is 0.765 bits per heavy atom. The molecule has 3 heteroatoms. The highest BCUT2D eigenvalue weighted by molar-refractivity contribution is 6.59. The maximum atomic E-state index is 15.4. The van der Waals surface area contributed by atoms with Gasteiger partial charge in [0.2, 0.25) is 0 Å². The zero-order chi connectivity index (χ0) is 23.9. The molecule has 1 aliphatic rings. The summed E-state index contributed by atoms with van der Waals surface area (Å²) in [4.78, 5) is 0. The van der Waals surface area contributed by atoms with Crippen LogP contribution in [0.2, 0.25) is 18.1 Å². The van der Waals surface area contributed by atoms with E-state index in [1.807, 2.05) is 37.3 Å². The summed E-state index contributed by atoms with van der Waals surface area (Å²) in [5.74, 6) is -0.875. The molecule has 0 aromatic heterocycles. The number of hydrogen-bond acceptors (Lipinski definition) is 0. The van der Waals surface area contributed by atoms with Crippen molar-refractivity contribution in [2.45, 2.75) is 82.8 Å². The van der Waals surface area contributed by atoms with Gasteiger partial charge in [0.1, 0.15) is 0 Å². The van der Waals surface area contributed by atoms with Crippen LogP contribution in [-0.2, 0) is 6.42 Å². The molecule has 1 heterocycles. The Kier molecular flexibility index (Phi) is 8.72. The highest BCUT2D eigenvalue weighted by atomic mass is 28.3. The number of hydrogen-bond donors (Lipinski definition) is 0. The molecule has 1 saturated heterocycles. The molecule has 0 nitrogen and oxygen atoms in total.